The van der Waals surface area contributed by atoms with Crippen LogP contribution >= 0.6 is 0 Å². The molecule has 1 heterocycles. The van der Waals surface area contributed by atoms with Crippen LogP contribution in [0.5, 0.6) is 0 Å². The van der Waals surface area contributed by atoms with Crippen LogP contribution in [0.4, 0.5) is 0 Å². The molecule has 4 saturated carbocycles. The standard InChI is InChI=1S/C14H21N3/c15-8-13-1-2-17(16-13)14-11-4-9-3-10(6-11)7-12(14)5-9/h1-2,9-12,14H,3-8,15H2. The number of rotatable bonds is 2. The lowest BCUT2D eigenvalue weighted by Crippen LogP contribution is -2.46. The first-order valence-corrected chi connectivity index (χ1v) is 7.07. The van der Waals surface area contributed by atoms with Gasteiger partial charge in [-0.2, -0.15) is 5.10 Å². The summed E-state index contributed by atoms with van der Waals surface area (Å²) in [5, 5.41) is 4.67. The van der Waals surface area contributed by atoms with Gasteiger partial charge in [0.1, 0.15) is 0 Å². The van der Waals surface area contributed by atoms with Crippen molar-refractivity contribution in [3.8, 4) is 0 Å². The van der Waals surface area contributed by atoms with E-state index in [0.29, 0.717) is 12.6 Å². The molecule has 3 heteroatoms. The molecule has 2 N–H and O–H groups in total. The maximum Gasteiger partial charge on any atom is 0.0760 e. The molecule has 4 aliphatic rings. The van der Waals surface area contributed by atoms with Crippen LogP contribution in [0.25, 0.3) is 0 Å². The average Bonchev–Trinajstić information content (AvgIpc) is 2.76. The number of hydrogen-bond donors (Lipinski definition) is 1. The van der Waals surface area contributed by atoms with Crippen molar-refractivity contribution in [3.05, 3.63) is 18.0 Å². The topological polar surface area (TPSA) is 43.8 Å². The molecule has 4 aliphatic carbocycles. The molecule has 0 spiro atoms. The largest absolute Gasteiger partial charge is 0.325 e. The third-order valence-corrected chi connectivity index (χ3v) is 5.36. The first-order chi connectivity index (χ1) is 8.33. The van der Waals surface area contributed by atoms with Gasteiger partial charge in [-0.05, 0) is 61.8 Å². The van der Waals surface area contributed by atoms with Gasteiger partial charge in [0, 0.05) is 12.7 Å². The highest BCUT2D eigenvalue weighted by molar-refractivity contribution is 5.04. The lowest BCUT2D eigenvalue weighted by molar-refractivity contribution is -0.0337. The fourth-order valence-corrected chi connectivity index (χ4v) is 4.98. The Hall–Kier alpha value is -0.830. The Bertz CT molecular complexity index is 395. The quantitative estimate of drug-likeness (QED) is 0.849. The highest BCUT2D eigenvalue weighted by Crippen LogP contribution is 2.58. The van der Waals surface area contributed by atoms with Crippen molar-refractivity contribution in [2.75, 3.05) is 0 Å². The molecule has 0 amide bonds. The second-order valence-corrected chi connectivity index (χ2v) is 6.41. The SMILES string of the molecule is NCc1ccn(C2C3CC4CC(C3)CC2C4)n1. The average molecular weight is 231 g/mol. The summed E-state index contributed by atoms with van der Waals surface area (Å²) in [5.74, 6) is 3.88. The van der Waals surface area contributed by atoms with E-state index >= 15 is 0 Å². The first kappa shape index (κ1) is 10.1. The molecule has 5 rings (SSSR count). The monoisotopic (exact) mass is 231 g/mol. The van der Waals surface area contributed by atoms with Crippen LogP contribution in [0.1, 0.15) is 43.8 Å². The molecule has 92 valence electrons. The fourth-order valence-electron chi connectivity index (χ4n) is 4.98. The Labute approximate surface area is 102 Å². The van der Waals surface area contributed by atoms with Gasteiger partial charge in [0.25, 0.3) is 0 Å². The van der Waals surface area contributed by atoms with E-state index in [-0.39, 0.29) is 0 Å². The molecular formula is C14H21N3. The summed E-state index contributed by atoms with van der Waals surface area (Å²) in [5.41, 5.74) is 6.70. The van der Waals surface area contributed by atoms with Crippen molar-refractivity contribution in [1.82, 2.24) is 9.78 Å². The second-order valence-electron chi connectivity index (χ2n) is 6.41. The minimum absolute atomic E-state index is 0.570. The first-order valence-electron chi connectivity index (χ1n) is 7.07. The van der Waals surface area contributed by atoms with Crippen LogP contribution in [0, 0.1) is 23.7 Å². The Morgan fingerprint density at radius 1 is 1.12 bits per heavy atom. The Balaban J connectivity index is 1.65. The lowest BCUT2D eigenvalue weighted by atomic mass is 9.54. The van der Waals surface area contributed by atoms with Crippen LogP contribution in [0.2, 0.25) is 0 Å². The minimum Gasteiger partial charge on any atom is -0.325 e. The third-order valence-electron chi connectivity index (χ3n) is 5.36. The van der Waals surface area contributed by atoms with Gasteiger partial charge in [-0.15, -0.1) is 0 Å². The van der Waals surface area contributed by atoms with Crippen molar-refractivity contribution in [2.24, 2.45) is 29.4 Å². The summed E-state index contributed by atoms with van der Waals surface area (Å²) >= 11 is 0. The molecule has 3 nitrogen and oxygen atoms in total. The summed E-state index contributed by atoms with van der Waals surface area (Å²) in [6.45, 7) is 0.570. The van der Waals surface area contributed by atoms with Crippen molar-refractivity contribution < 1.29 is 0 Å². The molecular weight excluding hydrogens is 210 g/mol. The zero-order chi connectivity index (χ0) is 11.4. The van der Waals surface area contributed by atoms with Crippen LogP contribution in [0.3, 0.4) is 0 Å². The smallest absolute Gasteiger partial charge is 0.0760 e. The van der Waals surface area contributed by atoms with Crippen LogP contribution in [0.15, 0.2) is 12.3 Å². The summed E-state index contributed by atoms with van der Waals surface area (Å²) in [6, 6.07) is 2.77. The van der Waals surface area contributed by atoms with Gasteiger partial charge in [-0.1, -0.05) is 0 Å². The van der Waals surface area contributed by atoms with E-state index < -0.39 is 0 Å². The highest BCUT2D eigenvalue weighted by Gasteiger charge is 2.49. The zero-order valence-corrected chi connectivity index (χ0v) is 10.3. The van der Waals surface area contributed by atoms with Crippen LogP contribution in [-0.2, 0) is 6.54 Å². The molecule has 0 aromatic carbocycles. The predicted molar refractivity (Wildman–Crippen MR) is 66.2 cm³/mol. The molecule has 0 unspecified atom stereocenters. The highest BCUT2D eigenvalue weighted by atomic mass is 15.3. The van der Waals surface area contributed by atoms with Crippen molar-refractivity contribution in [1.29, 1.82) is 0 Å². The van der Waals surface area contributed by atoms with Crippen molar-refractivity contribution in [3.63, 3.8) is 0 Å². The fraction of sp³-hybridized carbons (Fsp3) is 0.786. The number of hydrogen-bond acceptors (Lipinski definition) is 2. The van der Waals surface area contributed by atoms with Crippen molar-refractivity contribution in [2.45, 2.75) is 44.7 Å². The van der Waals surface area contributed by atoms with Gasteiger partial charge in [-0.3, -0.25) is 4.68 Å². The Morgan fingerprint density at radius 2 is 1.76 bits per heavy atom. The third kappa shape index (κ3) is 1.48. The van der Waals surface area contributed by atoms with Gasteiger partial charge in [-0.25, -0.2) is 0 Å². The van der Waals surface area contributed by atoms with E-state index in [0.717, 1.165) is 29.4 Å². The molecule has 0 saturated heterocycles. The number of nitrogens with zero attached hydrogens (tertiary/aromatic N) is 2. The number of aromatic nitrogens is 2. The molecule has 0 aliphatic heterocycles. The van der Waals surface area contributed by atoms with E-state index in [1.807, 2.05) is 0 Å². The molecule has 1 aromatic heterocycles. The Morgan fingerprint density at radius 3 is 2.29 bits per heavy atom. The molecule has 0 radical (unpaired) electrons. The minimum atomic E-state index is 0.570. The zero-order valence-electron chi connectivity index (χ0n) is 10.3. The Kier molecular flexibility index (Phi) is 2.13. The van der Waals surface area contributed by atoms with E-state index in [2.05, 4.69) is 22.0 Å². The summed E-state index contributed by atoms with van der Waals surface area (Å²) in [7, 11) is 0. The van der Waals surface area contributed by atoms with Crippen LogP contribution in [-0.4, -0.2) is 9.78 Å². The summed E-state index contributed by atoms with van der Waals surface area (Å²) in [6.07, 6.45) is 9.50. The molecule has 4 bridgehead atoms. The molecule has 17 heavy (non-hydrogen) atoms. The number of nitrogens with two attached hydrogens (primary N) is 1. The summed E-state index contributed by atoms with van der Waals surface area (Å²) in [4.78, 5) is 0. The van der Waals surface area contributed by atoms with Gasteiger partial charge in [0.05, 0.1) is 11.7 Å². The maximum atomic E-state index is 5.66. The van der Waals surface area contributed by atoms with Crippen molar-refractivity contribution >= 4 is 0 Å². The second kappa shape index (κ2) is 3.58. The molecule has 1 aromatic rings. The van der Waals surface area contributed by atoms with E-state index in [9.17, 15) is 0 Å². The van der Waals surface area contributed by atoms with E-state index in [1.165, 1.54) is 32.1 Å². The van der Waals surface area contributed by atoms with Crippen LogP contribution < -0.4 is 5.73 Å². The van der Waals surface area contributed by atoms with Gasteiger partial charge >= 0.3 is 0 Å². The van der Waals surface area contributed by atoms with E-state index in [1.54, 1.807) is 0 Å². The molecule has 4 fully saturated rings. The predicted octanol–water partition coefficient (Wildman–Crippen LogP) is 2.34. The van der Waals surface area contributed by atoms with E-state index in [4.69, 9.17) is 5.73 Å². The normalized spacial score (nSPS) is 43.2. The van der Waals surface area contributed by atoms with Gasteiger partial charge in [0.2, 0.25) is 0 Å². The lowest BCUT2D eigenvalue weighted by Gasteiger charge is -2.54. The maximum absolute atomic E-state index is 5.66. The summed E-state index contributed by atoms with van der Waals surface area (Å²) < 4.78 is 2.25. The van der Waals surface area contributed by atoms with Gasteiger partial charge in [0.15, 0.2) is 0 Å². The van der Waals surface area contributed by atoms with Gasteiger partial charge < -0.3 is 5.73 Å². The molecule has 0 atom stereocenters.